The largest absolute Gasteiger partial charge is 0.508 e. The van der Waals surface area contributed by atoms with E-state index in [1.165, 1.54) is 0 Å². The minimum Gasteiger partial charge on any atom is -0.465 e. The third-order valence-electron chi connectivity index (χ3n) is 3.09. The van der Waals surface area contributed by atoms with Crippen LogP contribution in [0.4, 0.5) is 4.79 Å². The summed E-state index contributed by atoms with van der Waals surface area (Å²) in [5, 5.41) is 0. The molecule has 18 heavy (non-hydrogen) atoms. The Balaban J connectivity index is 4.32. The first-order valence-electron chi connectivity index (χ1n) is 6.48. The van der Waals surface area contributed by atoms with Crippen LogP contribution in [0.25, 0.3) is 0 Å². The summed E-state index contributed by atoms with van der Waals surface area (Å²) in [5.74, 6) is -0.239. The number of carbonyl (C=O) groups is 2. The Morgan fingerprint density at radius 1 is 0.889 bits per heavy atom. The van der Waals surface area contributed by atoms with Gasteiger partial charge in [0.05, 0.1) is 6.61 Å². The number of hydrogen-bond donors (Lipinski definition) is 0. The Kier molecular flexibility index (Phi) is 8.16. The van der Waals surface area contributed by atoms with Gasteiger partial charge in [-0.1, -0.05) is 20.8 Å². The highest BCUT2D eigenvalue weighted by Gasteiger charge is 2.30. The summed E-state index contributed by atoms with van der Waals surface area (Å²) < 4.78 is 14.9. The first-order chi connectivity index (χ1) is 8.53. The monoisotopic (exact) mass is 260 g/mol. The molecule has 0 unspecified atom stereocenters. The van der Waals surface area contributed by atoms with E-state index in [1.807, 2.05) is 13.8 Å². The van der Waals surface area contributed by atoms with Gasteiger partial charge in [0.25, 0.3) is 0 Å². The van der Waals surface area contributed by atoms with Crippen molar-refractivity contribution in [3.63, 3.8) is 0 Å². The quantitative estimate of drug-likeness (QED) is 0.628. The highest BCUT2D eigenvalue weighted by atomic mass is 16.7. The molecule has 0 radical (unpaired) electrons. The van der Waals surface area contributed by atoms with Crippen molar-refractivity contribution < 1.29 is 23.8 Å². The molecule has 0 aliphatic carbocycles. The molecule has 0 aromatic carbocycles. The molecular weight excluding hydrogens is 236 g/mol. The Bertz CT molecular complexity index is 258. The molecule has 0 fully saturated rings. The maximum absolute atomic E-state index is 11.2. The van der Waals surface area contributed by atoms with Gasteiger partial charge >= 0.3 is 12.1 Å². The molecule has 106 valence electrons. The van der Waals surface area contributed by atoms with E-state index in [-0.39, 0.29) is 31.2 Å². The average Bonchev–Trinajstić information content (AvgIpc) is 2.39. The predicted octanol–water partition coefficient (Wildman–Crippen LogP) is 2.92. The van der Waals surface area contributed by atoms with Crippen LogP contribution in [-0.2, 0) is 19.0 Å². The summed E-state index contributed by atoms with van der Waals surface area (Å²) >= 11 is 0. The molecule has 0 saturated heterocycles. The molecule has 0 aromatic rings. The van der Waals surface area contributed by atoms with E-state index in [0.717, 1.165) is 12.8 Å². The second-order valence-corrected chi connectivity index (χ2v) is 4.19. The van der Waals surface area contributed by atoms with Gasteiger partial charge < -0.3 is 14.2 Å². The predicted molar refractivity (Wildman–Crippen MR) is 67.2 cm³/mol. The van der Waals surface area contributed by atoms with Crippen LogP contribution in [0.5, 0.6) is 0 Å². The molecule has 5 heteroatoms. The second kappa shape index (κ2) is 8.78. The van der Waals surface area contributed by atoms with Crippen molar-refractivity contribution in [2.24, 2.45) is 5.41 Å². The fraction of sp³-hybridized carbons (Fsp3) is 0.846. The first kappa shape index (κ1) is 16.7. The Morgan fingerprint density at radius 2 is 1.44 bits per heavy atom. The number of esters is 1. The van der Waals surface area contributed by atoms with Crippen molar-refractivity contribution in [1.29, 1.82) is 0 Å². The fourth-order valence-electron chi connectivity index (χ4n) is 1.41. The van der Waals surface area contributed by atoms with Crippen molar-refractivity contribution in [1.82, 2.24) is 0 Å². The van der Waals surface area contributed by atoms with E-state index in [9.17, 15) is 9.59 Å². The standard InChI is InChI=1S/C13H24O5/c1-5-11(14)17-9-13(6-2,7-3)10-18-12(15)16-8-4/h5-10H2,1-4H3. The zero-order valence-electron chi connectivity index (χ0n) is 11.8. The molecule has 5 nitrogen and oxygen atoms in total. The minimum atomic E-state index is -0.675. The zero-order valence-corrected chi connectivity index (χ0v) is 11.8. The zero-order chi connectivity index (χ0) is 14.0. The van der Waals surface area contributed by atoms with Crippen LogP contribution < -0.4 is 0 Å². The Morgan fingerprint density at radius 3 is 1.89 bits per heavy atom. The van der Waals surface area contributed by atoms with Crippen molar-refractivity contribution in [2.75, 3.05) is 19.8 Å². The Hall–Kier alpha value is -1.26. The van der Waals surface area contributed by atoms with Gasteiger partial charge in [-0.25, -0.2) is 4.79 Å². The van der Waals surface area contributed by atoms with Crippen molar-refractivity contribution >= 4 is 12.1 Å². The lowest BCUT2D eigenvalue weighted by molar-refractivity contribution is -0.148. The van der Waals surface area contributed by atoms with Crippen LogP contribution in [0.1, 0.15) is 47.0 Å². The maximum atomic E-state index is 11.2. The van der Waals surface area contributed by atoms with Crippen LogP contribution >= 0.6 is 0 Å². The smallest absolute Gasteiger partial charge is 0.465 e. The molecular formula is C13H24O5. The van der Waals surface area contributed by atoms with Crippen LogP contribution in [0.15, 0.2) is 0 Å². The van der Waals surface area contributed by atoms with Crippen LogP contribution in [0.2, 0.25) is 0 Å². The second-order valence-electron chi connectivity index (χ2n) is 4.19. The minimum absolute atomic E-state index is 0.204. The number of hydrogen-bond acceptors (Lipinski definition) is 5. The lowest BCUT2D eigenvalue weighted by Crippen LogP contribution is -2.33. The average molecular weight is 260 g/mol. The van der Waals surface area contributed by atoms with Gasteiger partial charge in [-0.05, 0) is 19.8 Å². The van der Waals surface area contributed by atoms with E-state index < -0.39 is 6.16 Å². The molecule has 0 N–H and O–H groups in total. The molecule has 0 heterocycles. The number of ether oxygens (including phenoxy) is 3. The third kappa shape index (κ3) is 5.89. The highest BCUT2D eigenvalue weighted by molar-refractivity contribution is 5.68. The fourth-order valence-corrected chi connectivity index (χ4v) is 1.41. The topological polar surface area (TPSA) is 61.8 Å². The lowest BCUT2D eigenvalue weighted by Gasteiger charge is -2.30. The van der Waals surface area contributed by atoms with Gasteiger partial charge in [-0.2, -0.15) is 0 Å². The van der Waals surface area contributed by atoms with E-state index in [2.05, 4.69) is 0 Å². The molecule has 0 spiro atoms. The summed E-state index contributed by atoms with van der Waals surface area (Å²) in [7, 11) is 0. The Labute approximate surface area is 109 Å². The van der Waals surface area contributed by atoms with Gasteiger partial charge in [-0.3, -0.25) is 4.79 Å². The van der Waals surface area contributed by atoms with Gasteiger partial charge in [0.15, 0.2) is 0 Å². The van der Waals surface area contributed by atoms with E-state index in [4.69, 9.17) is 14.2 Å². The van der Waals surface area contributed by atoms with E-state index in [0.29, 0.717) is 6.42 Å². The molecule has 0 amide bonds. The summed E-state index contributed by atoms with van der Waals surface area (Å²) in [6.07, 6.45) is 1.20. The lowest BCUT2D eigenvalue weighted by atomic mass is 9.84. The van der Waals surface area contributed by atoms with Crippen LogP contribution in [0.3, 0.4) is 0 Å². The van der Waals surface area contributed by atoms with Crippen LogP contribution in [-0.4, -0.2) is 31.9 Å². The summed E-state index contributed by atoms with van der Waals surface area (Å²) in [4.78, 5) is 22.3. The van der Waals surface area contributed by atoms with Crippen molar-refractivity contribution in [3.05, 3.63) is 0 Å². The SMILES string of the molecule is CCOC(=O)OCC(CC)(CC)COC(=O)CC. The summed E-state index contributed by atoms with van der Waals surface area (Å²) in [6, 6.07) is 0. The molecule has 0 aromatic heterocycles. The van der Waals surface area contributed by atoms with E-state index >= 15 is 0 Å². The first-order valence-corrected chi connectivity index (χ1v) is 6.48. The molecule has 0 saturated carbocycles. The molecule has 0 atom stereocenters. The van der Waals surface area contributed by atoms with E-state index in [1.54, 1.807) is 13.8 Å². The van der Waals surface area contributed by atoms with Crippen LogP contribution in [0, 0.1) is 5.41 Å². The molecule has 0 aliphatic heterocycles. The summed E-state index contributed by atoms with van der Waals surface area (Å²) in [5.41, 5.74) is -0.322. The van der Waals surface area contributed by atoms with Gasteiger partial charge in [0.1, 0.15) is 13.2 Å². The van der Waals surface area contributed by atoms with Crippen molar-refractivity contribution in [3.8, 4) is 0 Å². The third-order valence-corrected chi connectivity index (χ3v) is 3.09. The normalized spacial score (nSPS) is 10.9. The van der Waals surface area contributed by atoms with Gasteiger partial charge in [0.2, 0.25) is 0 Å². The number of carbonyl (C=O) groups excluding carboxylic acids is 2. The van der Waals surface area contributed by atoms with Gasteiger partial charge in [0, 0.05) is 11.8 Å². The van der Waals surface area contributed by atoms with Crippen molar-refractivity contribution in [2.45, 2.75) is 47.0 Å². The number of rotatable bonds is 8. The molecule has 0 bridgehead atoms. The maximum Gasteiger partial charge on any atom is 0.508 e. The highest BCUT2D eigenvalue weighted by Crippen LogP contribution is 2.27. The molecule has 0 aliphatic rings. The molecule has 0 rings (SSSR count). The van der Waals surface area contributed by atoms with Gasteiger partial charge in [-0.15, -0.1) is 0 Å². The summed E-state index contributed by atoms with van der Waals surface area (Å²) in [6.45, 7) is 8.20.